The Balaban J connectivity index is 1.20. The van der Waals surface area contributed by atoms with Gasteiger partial charge in [0.25, 0.3) is 5.91 Å². The summed E-state index contributed by atoms with van der Waals surface area (Å²) < 4.78 is 0. The lowest BCUT2D eigenvalue weighted by molar-refractivity contribution is 0.102. The molecule has 0 saturated carbocycles. The summed E-state index contributed by atoms with van der Waals surface area (Å²) in [5, 5.41) is 2.99. The average molecular weight is 532 g/mol. The van der Waals surface area contributed by atoms with Crippen molar-refractivity contribution < 1.29 is 9.59 Å². The molecular weight excluding hydrogens is 498 g/mol. The molecule has 5 N–H and O–H groups in total. The van der Waals surface area contributed by atoms with Crippen molar-refractivity contribution in [1.82, 2.24) is 4.90 Å². The van der Waals surface area contributed by atoms with E-state index >= 15 is 0 Å². The molecule has 2 aliphatic rings. The summed E-state index contributed by atoms with van der Waals surface area (Å²) >= 11 is 0. The van der Waals surface area contributed by atoms with Crippen LogP contribution in [0.25, 0.3) is 11.1 Å². The van der Waals surface area contributed by atoms with Gasteiger partial charge < -0.3 is 26.6 Å². The van der Waals surface area contributed by atoms with Crippen molar-refractivity contribution in [3.05, 3.63) is 114 Å². The number of benzene rings is 4. The van der Waals surface area contributed by atoms with Crippen molar-refractivity contribution in [2.45, 2.75) is 24.8 Å². The molecule has 2 heterocycles. The molecule has 7 nitrogen and oxygen atoms in total. The maximum Gasteiger partial charge on any atom is 0.314 e. The van der Waals surface area contributed by atoms with E-state index in [2.05, 4.69) is 34.5 Å². The van der Waals surface area contributed by atoms with Gasteiger partial charge in [-0.15, -0.1) is 0 Å². The molecule has 1 saturated heterocycles. The summed E-state index contributed by atoms with van der Waals surface area (Å²) in [5.74, 6) is -0.206. The number of nitrogens with two attached hydrogens (primary N) is 2. The van der Waals surface area contributed by atoms with Crippen molar-refractivity contribution in [3.8, 4) is 11.1 Å². The molecule has 0 unspecified atom stereocenters. The van der Waals surface area contributed by atoms with Gasteiger partial charge in [0.1, 0.15) is 0 Å². The van der Waals surface area contributed by atoms with Crippen LogP contribution in [0.15, 0.2) is 97.1 Å². The first-order valence-corrected chi connectivity index (χ1v) is 13.7. The van der Waals surface area contributed by atoms with E-state index < -0.39 is 0 Å². The highest BCUT2D eigenvalue weighted by molar-refractivity contribution is 6.06. The van der Waals surface area contributed by atoms with Crippen molar-refractivity contribution in [3.63, 3.8) is 0 Å². The van der Waals surface area contributed by atoms with E-state index in [1.165, 1.54) is 11.1 Å². The first-order chi connectivity index (χ1) is 19.4. The van der Waals surface area contributed by atoms with Gasteiger partial charge in [0.15, 0.2) is 0 Å². The van der Waals surface area contributed by atoms with Gasteiger partial charge in [-0.3, -0.25) is 4.79 Å². The van der Waals surface area contributed by atoms with E-state index in [4.69, 9.17) is 11.5 Å². The van der Waals surface area contributed by atoms with Crippen LogP contribution in [0.3, 0.4) is 0 Å². The standard InChI is InChI=1S/C33H33N5O2/c34-29-15-12-25(23-6-2-1-3-7-23)20-30(29)36-31(39)24-10-13-27(14-11-24)38-21-26-8-4-5-9-28(26)33(22-38)16-18-37(19-17-33)32(35)40/h1-15,20H,16-19,21-22,34H2,(H2,35,40)(H,36,39). The fourth-order valence-electron chi connectivity index (χ4n) is 6.15. The number of nitrogens with one attached hydrogen (secondary N) is 1. The van der Waals surface area contributed by atoms with Crippen LogP contribution in [0.5, 0.6) is 0 Å². The Morgan fingerprint density at radius 1 is 0.800 bits per heavy atom. The first kappa shape index (κ1) is 25.5. The van der Waals surface area contributed by atoms with Crippen LogP contribution in [0.1, 0.15) is 34.3 Å². The molecule has 0 aromatic heterocycles. The molecule has 202 valence electrons. The number of carbonyl (C=O) groups is 2. The van der Waals surface area contributed by atoms with E-state index in [1.54, 1.807) is 4.90 Å². The molecule has 1 fully saturated rings. The molecular formula is C33H33N5O2. The highest BCUT2D eigenvalue weighted by Crippen LogP contribution is 2.43. The number of amides is 3. The molecule has 0 atom stereocenters. The van der Waals surface area contributed by atoms with E-state index in [1.807, 2.05) is 72.8 Å². The predicted molar refractivity (Wildman–Crippen MR) is 160 cm³/mol. The SMILES string of the molecule is NC(=O)N1CCC2(CC1)CN(c1ccc(C(=O)Nc3cc(-c4ccccc4)ccc3N)cc1)Cc1ccccc12. The Bertz CT molecular complexity index is 1540. The summed E-state index contributed by atoms with van der Waals surface area (Å²) in [6.07, 6.45) is 1.74. The number of piperidine rings is 1. The van der Waals surface area contributed by atoms with Gasteiger partial charge in [0, 0.05) is 42.8 Å². The highest BCUT2D eigenvalue weighted by atomic mass is 16.2. The molecule has 7 heteroatoms. The van der Waals surface area contributed by atoms with E-state index in [-0.39, 0.29) is 17.4 Å². The lowest BCUT2D eigenvalue weighted by Gasteiger charge is -2.49. The summed E-state index contributed by atoms with van der Waals surface area (Å²) in [6, 6.07) is 31.7. The number of fused-ring (bicyclic) bond motifs is 2. The number of anilines is 3. The highest BCUT2D eigenvalue weighted by Gasteiger charge is 2.42. The molecule has 0 bridgehead atoms. The van der Waals surface area contributed by atoms with Gasteiger partial charge >= 0.3 is 6.03 Å². The van der Waals surface area contributed by atoms with Crippen molar-refractivity contribution in [1.29, 1.82) is 0 Å². The number of primary amides is 1. The van der Waals surface area contributed by atoms with E-state index in [0.717, 1.165) is 42.7 Å². The van der Waals surface area contributed by atoms with Gasteiger partial charge in [0.05, 0.1) is 11.4 Å². The Kier molecular flexibility index (Phi) is 6.64. The third kappa shape index (κ3) is 4.86. The van der Waals surface area contributed by atoms with Gasteiger partial charge in [-0.25, -0.2) is 4.79 Å². The number of nitrogens with zero attached hydrogens (tertiary/aromatic N) is 2. The summed E-state index contributed by atoms with van der Waals surface area (Å²) in [6.45, 7) is 2.97. The summed E-state index contributed by atoms with van der Waals surface area (Å²) in [7, 11) is 0. The van der Waals surface area contributed by atoms with Crippen LogP contribution in [-0.2, 0) is 12.0 Å². The molecule has 0 radical (unpaired) electrons. The summed E-state index contributed by atoms with van der Waals surface area (Å²) in [4.78, 5) is 29.0. The quantitative estimate of drug-likeness (QED) is 0.297. The predicted octanol–water partition coefficient (Wildman–Crippen LogP) is 5.62. The van der Waals surface area contributed by atoms with Crippen molar-refractivity contribution >= 4 is 29.0 Å². The Labute approximate surface area is 234 Å². The largest absolute Gasteiger partial charge is 0.397 e. The molecule has 40 heavy (non-hydrogen) atoms. The molecule has 4 aromatic rings. The Hall–Kier alpha value is -4.78. The second-order valence-electron chi connectivity index (χ2n) is 10.8. The topological polar surface area (TPSA) is 105 Å². The zero-order chi connectivity index (χ0) is 27.7. The molecule has 4 aromatic carbocycles. The van der Waals surface area contributed by atoms with Crippen molar-refractivity contribution in [2.75, 3.05) is 35.6 Å². The Morgan fingerprint density at radius 3 is 2.23 bits per heavy atom. The molecule has 2 aliphatic heterocycles. The van der Waals surface area contributed by atoms with Crippen LogP contribution in [0.2, 0.25) is 0 Å². The zero-order valence-corrected chi connectivity index (χ0v) is 22.3. The van der Waals surface area contributed by atoms with Crippen LogP contribution in [0, 0.1) is 0 Å². The number of hydrogen-bond acceptors (Lipinski definition) is 4. The lowest BCUT2D eigenvalue weighted by atomic mass is 9.68. The molecule has 3 amide bonds. The number of carbonyl (C=O) groups excluding carboxylic acids is 2. The van der Waals surface area contributed by atoms with E-state index in [0.29, 0.717) is 30.0 Å². The first-order valence-electron chi connectivity index (χ1n) is 13.7. The molecule has 6 rings (SSSR count). The van der Waals surface area contributed by atoms with Crippen LogP contribution in [0.4, 0.5) is 21.9 Å². The Morgan fingerprint density at radius 2 is 1.50 bits per heavy atom. The molecule has 0 aliphatic carbocycles. The second-order valence-corrected chi connectivity index (χ2v) is 10.8. The van der Waals surface area contributed by atoms with Crippen molar-refractivity contribution in [2.24, 2.45) is 5.73 Å². The smallest absolute Gasteiger partial charge is 0.314 e. The average Bonchev–Trinajstić information content (AvgIpc) is 2.99. The van der Waals surface area contributed by atoms with Gasteiger partial charge in [-0.1, -0.05) is 60.7 Å². The zero-order valence-electron chi connectivity index (χ0n) is 22.3. The molecule has 1 spiro atoms. The van der Waals surface area contributed by atoms with Crippen LogP contribution < -0.4 is 21.7 Å². The van der Waals surface area contributed by atoms with E-state index in [9.17, 15) is 9.59 Å². The number of likely N-dealkylation sites (tertiary alicyclic amines) is 1. The minimum atomic E-state index is -0.349. The number of hydrogen-bond donors (Lipinski definition) is 3. The minimum absolute atomic E-state index is 0.0435. The number of rotatable bonds is 4. The van der Waals surface area contributed by atoms with Crippen LogP contribution >= 0.6 is 0 Å². The maximum atomic E-state index is 13.2. The van der Waals surface area contributed by atoms with Gasteiger partial charge in [-0.2, -0.15) is 0 Å². The van der Waals surface area contributed by atoms with Crippen LogP contribution in [-0.4, -0.2) is 36.5 Å². The third-order valence-corrected chi connectivity index (χ3v) is 8.38. The number of nitrogen functional groups attached to an aromatic ring is 1. The fourth-order valence-corrected chi connectivity index (χ4v) is 6.15. The maximum absolute atomic E-state index is 13.2. The second kappa shape index (κ2) is 10.4. The third-order valence-electron chi connectivity index (χ3n) is 8.38. The monoisotopic (exact) mass is 531 g/mol. The normalized spacial score (nSPS) is 15.9. The van der Waals surface area contributed by atoms with Gasteiger partial charge in [-0.05, 0) is 71.5 Å². The minimum Gasteiger partial charge on any atom is -0.397 e. The fraction of sp³-hybridized carbons (Fsp3) is 0.212. The number of urea groups is 1. The lowest BCUT2D eigenvalue weighted by Crippen LogP contribution is -2.53. The summed E-state index contributed by atoms with van der Waals surface area (Å²) in [5.41, 5.74) is 19.2. The van der Waals surface area contributed by atoms with Gasteiger partial charge in [0.2, 0.25) is 0 Å².